The van der Waals surface area contributed by atoms with Crippen LogP contribution < -0.4 is 14.4 Å². The highest BCUT2D eigenvalue weighted by Gasteiger charge is 2.29. The number of halogens is 2. The van der Waals surface area contributed by atoms with E-state index in [2.05, 4.69) is 14.9 Å². The number of hydrogen-bond acceptors (Lipinski definition) is 6. The highest BCUT2D eigenvalue weighted by atomic mass is 35.5. The van der Waals surface area contributed by atoms with Gasteiger partial charge in [-0.25, -0.2) is 9.97 Å². The van der Waals surface area contributed by atoms with Crippen LogP contribution in [0.1, 0.15) is 17.3 Å². The second-order valence-corrected chi connectivity index (χ2v) is 8.23. The third-order valence-electron chi connectivity index (χ3n) is 5.29. The van der Waals surface area contributed by atoms with E-state index in [1.165, 1.54) is 6.33 Å². The molecule has 1 saturated heterocycles. The fourth-order valence-electron chi connectivity index (χ4n) is 3.59. The first-order chi connectivity index (χ1) is 15.4. The number of amides is 1. The lowest BCUT2D eigenvalue weighted by Gasteiger charge is -2.40. The quantitative estimate of drug-likeness (QED) is 0.523. The van der Waals surface area contributed by atoms with Crippen LogP contribution in [0.4, 0.5) is 5.82 Å². The summed E-state index contributed by atoms with van der Waals surface area (Å²) in [6.07, 6.45) is 1.48. The molecule has 0 aliphatic carbocycles. The van der Waals surface area contributed by atoms with Gasteiger partial charge in [-0.15, -0.1) is 0 Å². The molecule has 1 aliphatic heterocycles. The lowest BCUT2D eigenvalue weighted by molar-refractivity contribution is 0.0673. The molecule has 166 valence electrons. The Kier molecular flexibility index (Phi) is 6.67. The Morgan fingerprint density at radius 1 is 1.00 bits per heavy atom. The zero-order valence-corrected chi connectivity index (χ0v) is 19.2. The molecule has 0 saturated carbocycles. The molecule has 1 aromatic heterocycles. The van der Waals surface area contributed by atoms with E-state index < -0.39 is 0 Å². The van der Waals surface area contributed by atoms with Gasteiger partial charge in [0.25, 0.3) is 5.91 Å². The summed E-state index contributed by atoms with van der Waals surface area (Å²) in [5, 5.41) is 0.798. The Labute approximate surface area is 196 Å². The number of nitrogens with zero attached hydrogens (tertiary/aromatic N) is 4. The van der Waals surface area contributed by atoms with Crippen molar-refractivity contribution >= 4 is 34.9 Å². The van der Waals surface area contributed by atoms with Crippen LogP contribution in [0.2, 0.25) is 10.0 Å². The number of piperazine rings is 1. The maximum Gasteiger partial charge on any atom is 0.254 e. The fraction of sp³-hybridized carbons (Fsp3) is 0.261. The predicted octanol–water partition coefficient (Wildman–Crippen LogP) is 4.94. The number of carbonyl (C=O) groups is 1. The van der Waals surface area contributed by atoms with Crippen LogP contribution >= 0.6 is 23.2 Å². The Bertz CT molecular complexity index is 1110. The molecule has 0 bridgehead atoms. The average molecular weight is 473 g/mol. The summed E-state index contributed by atoms with van der Waals surface area (Å²) in [4.78, 5) is 25.5. The second-order valence-electron chi connectivity index (χ2n) is 7.41. The van der Waals surface area contributed by atoms with Crippen LogP contribution in [0, 0.1) is 0 Å². The molecular weight excluding hydrogens is 451 g/mol. The van der Waals surface area contributed by atoms with Gasteiger partial charge >= 0.3 is 0 Å². The van der Waals surface area contributed by atoms with Crippen molar-refractivity contribution in [3.63, 3.8) is 0 Å². The van der Waals surface area contributed by atoms with Crippen molar-refractivity contribution in [2.45, 2.75) is 13.0 Å². The first kappa shape index (κ1) is 22.2. The molecule has 7 nitrogen and oxygen atoms in total. The molecule has 1 amide bonds. The monoisotopic (exact) mass is 472 g/mol. The molecule has 1 atom stereocenters. The number of carbonyl (C=O) groups excluding carboxylic acids is 1. The van der Waals surface area contributed by atoms with Gasteiger partial charge in [0.2, 0.25) is 5.88 Å². The number of ether oxygens (including phenoxy) is 2. The van der Waals surface area contributed by atoms with E-state index in [1.54, 1.807) is 31.4 Å². The minimum absolute atomic E-state index is 0.0216. The standard InChI is InChI=1S/C23H22Cl2N4O3/c1-15-13-28(9-10-29(15)23(30)16-3-8-19(24)20(25)11-16)21-12-22(27-14-26-21)32-18-6-4-17(31-2)5-7-18/h3-8,11-12,14-15H,9-10,13H2,1-2H3/t15-/m0/s1. The van der Waals surface area contributed by atoms with E-state index in [4.69, 9.17) is 32.7 Å². The average Bonchev–Trinajstić information content (AvgIpc) is 2.81. The van der Waals surface area contributed by atoms with Gasteiger partial charge in [0, 0.05) is 37.3 Å². The zero-order valence-electron chi connectivity index (χ0n) is 17.7. The van der Waals surface area contributed by atoms with E-state index in [-0.39, 0.29) is 11.9 Å². The number of aromatic nitrogens is 2. The van der Waals surface area contributed by atoms with Crippen molar-refractivity contribution < 1.29 is 14.3 Å². The second kappa shape index (κ2) is 9.63. The molecule has 0 unspecified atom stereocenters. The van der Waals surface area contributed by atoms with E-state index in [0.717, 1.165) is 11.6 Å². The van der Waals surface area contributed by atoms with Gasteiger partial charge in [-0.3, -0.25) is 4.79 Å². The number of rotatable bonds is 5. The molecule has 2 aromatic carbocycles. The summed E-state index contributed by atoms with van der Waals surface area (Å²) in [7, 11) is 1.62. The number of anilines is 1. The number of benzene rings is 2. The van der Waals surface area contributed by atoms with Crippen molar-refractivity contribution in [3.05, 3.63) is 70.5 Å². The number of hydrogen-bond donors (Lipinski definition) is 0. The molecule has 0 radical (unpaired) electrons. The maximum atomic E-state index is 13.0. The predicted molar refractivity (Wildman–Crippen MR) is 124 cm³/mol. The fourth-order valence-corrected chi connectivity index (χ4v) is 3.88. The van der Waals surface area contributed by atoms with Crippen LogP contribution in [-0.4, -0.2) is 53.6 Å². The summed E-state index contributed by atoms with van der Waals surface area (Å²) in [6.45, 7) is 3.83. The number of methoxy groups -OCH3 is 1. The van der Waals surface area contributed by atoms with Crippen molar-refractivity contribution in [2.24, 2.45) is 0 Å². The van der Waals surface area contributed by atoms with Gasteiger partial charge in [0.15, 0.2) is 0 Å². The molecule has 1 fully saturated rings. The Balaban J connectivity index is 1.43. The molecule has 0 spiro atoms. The summed E-state index contributed by atoms with van der Waals surface area (Å²) in [6, 6.07) is 14.0. The van der Waals surface area contributed by atoms with Gasteiger partial charge in [0.05, 0.1) is 17.2 Å². The summed E-state index contributed by atoms with van der Waals surface area (Å²) >= 11 is 12.1. The summed E-state index contributed by atoms with van der Waals surface area (Å²) < 4.78 is 11.0. The minimum atomic E-state index is -0.0677. The zero-order chi connectivity index (χ0) is 22.7. The van der Waals surface area contributed by atoms with E-state index in [0.29, 0.717) is 46.9 Å². The van der Waals surface area contributed by atoms with Crippen LogP contribution in [0.5, 0.6) is 17.4 Å². The molecule has 9 heteroatoms. The van der Waals surface area contributed by atoms with Gasteiger partial charge < -0.3 is 19.3 Å². The van der Waals surface area contributed by atoms with Gasteiger partial charge in [0.1, 0.15) is 23.6 Å². The Morgan fingerprint density at radius 2 is 1.75 bits per heavy atom. The van der Waals surface area contributed by atoms with Gasteiger partial charge in [-0.05, 0) is 49.4 Å². The van der Waals surface area contributed by atoms with E-state index in [1.807, 2.05) is 36.1 Å². The maximum absolute atomic E-state index is 13.0. The topological polar surface area (TPSA) is 67.8 Å². The molecule has 2 heterocycles. The highest BCUT2D eigenvalue weighted by Crippen LogP contribution is 2.27. The lowest BCUT2D eigenvalue weighted by atomic mass is 10.1. The van der Waals surface area contributed by atoms with Crippen LogP contribution in [0.25, 0.3) is 0 Å². The third kappa shape index (κ3) is 4.89. The molecule has 4 rings (SSSR count). The molecule has 1 aliphatic rings. The van der Waals surface area contributed by atoms with Crippen LogP contribution in [0.15, 0.2) is 54.9 Å². The lowest BCUT2D eigenvalue weighted by Crippen LogP contribution is -2.54. The van der Waals surface area contributed by atoms with E-state index >= 15 is 0 Å². The first-order valence-electron chi connectivity index (χ1n) is 10.1. The van der Waals surface area contributed by atoms with E-state index in [9.17, 15) is 4.79 Å². The Hall–Kier alpha value is -3.03. The Morgan fingerprint density at radius 3 is 2.44 bits per heavy atom. The van der Waals surface area contributed by atoms with Gasteiger partial charge in [-0.1, -0.05) is 23.2 Å². The molecule has 32 heavy (non-hydrogen) atoms. The van der Waals surface area contributed by atoms with Crippen molar-refractivity contribution in [1.29, 1.82) is 0 Å². The highest BCUT2D eigenvalue weighted by molar-refractivity contribution is 6.42. The third-order valence-corrected chi connectivity index (χ3v) is 6.03. The van der Waals surface area contributed by atoms with Crippen LogP contribution in [-0.2, 0) is 0 Å². The van der Waals surface area contributed by atoms with Crippen molar-refractivity contribution in [1.82, 2.24) is 14.9 Å². The molecule has 0 N–H and O–H groups in total. The first-order valence-corrected chi connectivity index (χ1v) is 10.8. The largest absolute Gasteiger partial charge is 0.497 e. The smallest absolute Gasteiger partial charge is 0.254 e. The summed E-state index contributed by atoms with van der Waals surface area (Å²) in [5.41, 5.74) is 0.525. The molecular formula is C23H22Cl2N4O3. The van der Waals surface area contributed by atoms with Crippen LogP contribution in [0.3, 0.4) is 0 Å². The van der Waals surface area contributed by atoms with Gasteiger partial charge in [-0.2, -0.15) is 0 Å². The summed E-state index contributed by atoms with van der Waals surface area (Å²) in [5.74, 6) is 2.53. The normalized spacial score (nSPS) is 16.1. The van der Waals surface area contributed by atoms with Crippen molar-refractivity contribution in [3.8, 4) is 17.4 Å². The minimum Gasteiger partial charge on any atom is -0.497 e. The SMILES string of the molecule is COc1ccc(Oc2cc(N3CCN(C(=O)c4ccc(Cl)c(Cl)c4)[C@@H](C)C3)ncn2)cc1. The van der Waals surface area contributed by atoms with Crippen molar-refractivity contribution in [2.75, 3.05) is 31.6 Å². The molecule has 3 aromatic rings.